The van der Waals surface area contributed by atoms with Crippen molar-refractivity contribution in [2.24, 2.45) is 0 Å². The summed E-state index contributed by atoms with van der Waals surface area (Å²) in [7, 11) is 2.28. The highest BCUT2D eigenvalue weighted by atomic mass is 19.4. The number of benzene rings is 1. The van der Waals surface area contributed by atoms with E-state index in [4.69, 9.17) is 33.2 Å². The number of aliphatic hydroxyl groups excluding tert-OH is 4. The molecule has 0 saturated carbocycles. The molecule has 2 saturated heterocycles. The molecule has 2 aliphatic heterocycles. The second kappa shape index (κ2) is 17.7. The molecule has 6 N–H and O–H groups in total. The van der Waals surface area contributed by atoms with Crippen LogP contribution in [0.15, 0.2) is 30.5 Å². The minimum Gasteiger partial charge on any atom is -0.479 e. The molecule has 0 bridgehead atoms. The van der Waals surface area contributed by atoms with Crippen LogP contribution in [-0.4, -0.2) is 161 Å². The lowest BCUT2D eigenvalue weighted by Crippen LogP contribution is -2.66. The highest BCUT2D eigenvalue weighted by Crippen LogP contribution is 2.32. The SMILES string of the molecule is COC1OC(C(=O)O)C(OC2OC(C(=O)NCCOCCOCCn3cc(-c4ccc(C(F)(F)F)cc4)nn3)C(OC)C(O)C2O)C(O)C1O. The van der Waals surface area contributed by atoms with Gasteiger partial charge in [0.2, 0.25) is 0 Å². The molecule has 2 aromatic rings. The number of alkyl halides is 3. The summed E-state index contributed by atoms with van der Waals surface area (Å²) in [6.07, 6.45) is -20.1. The van der Waals surface area contributed by atoms with Gasteiger partial charge >= 0.3 is 12.1 Å². The predicted molar refractivity (Wildman–Crippen MR) is 157 cm³/mol. The van der Waals surface area contributed by atoms with Gasteiger partial charge < -0.3 is 64.0 Å². The molecule has 0 spiro atoms. The van der Waals surface area contributed by atoms with Gasteiger partial charge in [0.15, 0.2) is 24.8 Å². The van der Waals surface area contributed by atoms with Crippen LogP contribution in [0.5, 0.6) is 0 Å². The van der Waals surface area contributed by atoms with Gasteiger partial charge in [0.05, 0.1) is 44.7 Å². The number of carboxylic acid groups (broad SMARTS) is 1. The maximum absolute atomic E-state index is 13.0. The number of hydrogen-bond donors (Lipinski definition) is 6. The van der Waals surface area contributed by atoms with Crippen molar-refractivity contribution in [3.05, 3.63) is 36.0 Å². The van der Waals surface area contributed by atoms with Crippen LogP contribution in [0.25, 0.3) is 11.3 Å². The quantitative estimate of drug-likeness (QED) is 0.104. The monoisotopic (exact) mass is 724 g/mol. The molecule has 4 rings (SSSR count). The van der Waals surface area contributed by atoms with E-state index in [9.17, 15) is 48.3 Å². The lowest BCUT2D eigenvalue weighted by atomic mass is 9.96. The smallest absolute Gasteiger partial charge is 0.416 e. The summed E-state index contributed by atoms with van der Waals surface area (Å²) < 4.78 is 76.9. The number of aromatic nitrogens is 3. The number of aliphatic carboxylic acids is 1. The molecule has 21 heteroatoms. The van der Waals surface area contributed by atoms with Crippen LogP contribution >= 0.6 is 0 Å². The Balaban J connectivity index is 1.17. The number of carbonyl (C=O) groups is 2. The Labute approximate surface area is 282 Å². The molecule has 10 atom stereocenters. The first-order valence-electron chi connectivity index (χ1n) is 15.2. The summed E-state index contributed by atoms with van der Waals surface area (Å²) in [6.45, 7) is 0.893. The average molecular weight is 725 g/mol. The molecular formula is C29H39F3N4O14. The second-order valence-corrected chi connectivity index (χ2v) is 11.1. The van der Waals surface area contributed by atoms with Crippen molar-refractivity contribution in [2.75, 3.05) is 47.2 Å². The van der Waals surface area contributed by atoms with Gasteiger partial charge in [-0.1, -0.05) is 17.3 Å². The van der Waals surface area contributed by atoms with E-state index < -0.39 is 85.0 Å². The molecule has 18 nitrogen and oxygen atoms in total. The standard InChI is InChI=1S/C29H39F3N4O14/c1-44-21-17(37)20(40)28(48-22-18(38)19(39)27(45-2)50-24(22)26(42)43)49-23(21)25(41)33-7-9-46-11-12-47-10-8-36-13-16(34-35-36)14-3-5-15(6-4-14)29(30,31)32/h3-6,13,17-24,27-28,37-40H,7-12H2,1-2H3,(H,33,41)(H,42,43). The number of nitrogens with zero attached hydrogens (tertiary/aromatic N) is 3. The average Bonchev–Trinajstić information content (AvgIpc) is 3.56. The maximum atomic E-state index is 13.0. The van der Waals surface area contributed by atoms with E-state index >= 15 is 0 Å². The third kappa shape index (κ3) is 9.70. The number of carbonyl (C=O) groups excluding carboxylic acids is 1. The maximum Gasteiger partial charge on any atom is 0.416 e. The number of aliphatic hydroxyl groups is 4. The van der Waals surface area contributed by atoms with E-state index in [-0.39, 0.29) is 33.0 Å². The van der Waals surface area contributed by atoms with Crippen molar-refractivity contribution in [3.8, 4) is 11.3 Å². The van der Waals surface area contributed by atoms with Crippen molar-refractivity contribution in [1.29, 1.82) is 0 Å². The van der Waals surface area contributed by atoms with Crippen LogP contribution in [0.3, 0.4) is 0 Å². The first-order valence-corrected chi connectivity index (χ1v) is 15.2. The molecule has 3 heterocycles. The van der Waals surface area contributed by atoms with Crippen molar-refractivity contribution < 1.29 is 81.5 Å². The number of amides is 1. The zero-order chi connectivity index (χ0) is 36.6. The summed E-state index contributed by atoms with van der Waals surface area (Å²) in [5, 5.41) is 61.9. The van der Waals surface area contributed by atoms with Crippen molar-refractivity contribution in [2.45, 2.75) is 74.1 Å². The Morgan fingerprint density at radius 3 is 2.10 bits per heavy atom. The fourth-order valence-electron chi connectivity index (χ4n) is 5.16. The van der Waals surface area contributed by atoms with Crippen LogP contribution in [0.4, 0.5) is 13.2 Å². The molecule has 0 radical (unpaired) electrons. The van der Waals surface area contributed by atoms with E-state index in [1.54, 1.807) is 6.20 Å². The zero-order valence-electron chi connectivity index (χ0n) is 26.8. The van der Waals surface area contributed by atoms with Gasteiger partial charge in [-0.3, -0.25) is 4.79 Å². The van der Waals surface area contributed by atoms with E-state index in [2.05, 4.69) is 15.6 Å². The lowest BCUT2D eigenvalue weighted by molar-refractivity contribution is -0.348. The summed E-state index contributed by atoms with van der Waals surface area (Å²) in [5.74, 6) is -2.39. The number of nitrogens with one attached hydrogen (secondary N) is 1. The second-order valence-electron chi connectivity index (χ2n) is 11.1. The fraction of sp³-hybridized carbons (Fsp3) is 0.655. The summed E-state index contributed by atoms with van der Waals surface area (Å²) >= 11 is 0. The minimum absolute atomic E-state index is 0.0220. The number of halogens is 3. The highest BCUT2D eigenvalue weighted by molar-refractivity contribution is 5.81. The first-order chi connectivity index (χ1) is 23.8. The number of ether oxygens (including phenoxy) is 7. The number of methoxy groups -OCH3 is 2. The molecule has 280 valence electrons. The van der Waals surface area contributed by atoms with Gasteiger partial charge in [0, 0.05) is 26.3 Å². The summed E-state index contributed by atoms with van der Waals surface area (Å²) in [5.41, 5.74) is 0.115. The Kier molecular flexibility index (Phi) is 14.0. The molecule has 2 fully saturated rings. The van der Waals surface area contributed by atoms with Crippen LogP contribution < -0.4 is 5.32 Å². The Bertz CT molecular complexity index is 1390. The molecule has 1 amide bonds. The number of carboxylic acids is 1. The molecule has 10 unspecified atom stereocenters. The predicted octanol–water partition coefficient (Wildman–Crippen LogP) is -1.86. The van der Waals surface area contributed by atoms with Crippen LogP contribution in [0.1, 0.15) is 5.56 Å². The van der Waals surface area contributed by atoms with E-state index in [1.807, 2.05) is 0 Å². The third-order valence-corrected chi connectivity index (χ3v) is 7.82. The number of rotatable bonds is 16. The summed E-state index contributed by atoms with van der Waals surface area (Å²) in [4.78, 5) is 24.7. The van der Waals surface area contributed by atoms with Gasteiger partial charge in [-0.25, -0.2) is 9.48 Å². The van der Waals surface area contributed by atoms with Crippen molar-refractivity contribution >= 4 is 11.9 Å². The molecule has 50 heavy (non-hydrogen) atoms. The molecule has 0 aliphatic carbocycles. The van der Waals surface area contributed by atoms with Crippen molar-refractivity contribution in [1.82, 2.24) is 20.3 Å². The normalized spacial score (nSPS) is 30.3. The fourth-order valence-corrected chi connectivity index (χ4v) is 5.16. The number of hydrogen-bond acceptors (Lipinski definition) is 15. The minimum atomic E-state index is -4.43. The molecule has 1 aromatic heterocycles. The Hall–Kier alpha value is -3.35. The van der Waals surface area contributed by atoms with Crippen molar-refractivity contribution in [3.63, 3.8) is 0 Å². The topological polar surface area (TPSA) is 243 Å². The first kappa shape index (κ1) is 39.4. The third-order valence-electron chi connectivity index (χ3n) is 7.82. The molecular weight excluding hydrogens is 685 g/mol. The van der Waals surface area contributed by atoms with E-state index in [0.717, 1.165) is 26.4 Å². The Morgan fingerprint density at radius 1 is 0.860 bits per heavy atom. The van der Waals surface area contributed by atoms with Gasteiger partial charge in [0.1, 0.15) is 42.3 Å². The largest absolute Gasteiger partial charge is 0.479 e. The lowest BCUT2D eigenvalue weighted by Gasteiger charge is -2.45. The summed E-state index contributed by atoms with van der Waals surface area (Å²) in [6, 6.07) is 4.56. The van der Waals surface area contributed by atoms with Crippen LogP contribution in [0, 0.1) is 0 Å². The molecule has 1 aromatic carbocycles. The Morgan fingerprint density at radius 2 is 1.48 bits per heavy atom. The van der Waals surface area contributed by atoms with Gasteiger partial charge in [0.25, 0.3) is 5.91 Å². The van der Waals surface area contributed by atoms with E-state index in [1.165, 1.54) is 16.8 Å². The molecule has 2 aliphatic rings. The van der Waals surface area contributed by atoms with Gasteiger partial charge in [-0.05, 0) is 12.1 Å². The van der Waals surface area contributed by atoms with Gasteiger partial charge in [-0.15, -0.1) is 5.10 Å². The van der Waals surface area contributed by atoms with Gasteiger partial charge in [-0.2, -0.15) is 13.2 Å². The zero-order valence-corrected chi connectivity index (χ0v) is 26.8. The van der Waals surface area contributed by atoms with Crippen LogP contribution in [-0.2, 0) is 55.5 Å². The van der Waals surface area contributed by atoms with Crippen LogP contribution in [0.2, 0.25) is 0 Å². The van der Waals surface area contributed by atoms with E-state index in [0.29, 0.717) is 17.8 Å². The highest BCUT2D eigenvalue weighted by Gasteiger charge is 2.54.